The number of alkyl halides is 1. The Kier molecular flexibility index (Phi) is 3.91. The predicted molar refractivity (Wildman–Crippen MR) is 86.7 cm³/mol. The minimum Gasteiger partial charge on any atom is -0.268 e. The van der Waals surface area contributed by atoms with E-state index >= 15 is 0 Å². The van der Waals surface area contributed by atoms with Crippen molar-refractivity contribution in [3.63, 3.8) is 0 Å². The molecule has 0 aliphatic heterocycles. The highest BCUT2D eigenvalue weighted by Gasteiger charge is 2.31. The first-order chi connectivity index (χ1) is 9.61. The van der Waals surface area contributed by atoms with E-state index < -0.39 is 0 Å². The van der Waals surface area contributed by atoms with Crippen molar-refractivity contribution in [2.45, 2.75) is 38.1 Å². The van der Waals surface area contributed by atoms with Crippen molar-refractivity contribution in [2.24, 2.45) is 5.92 Å². The monoisotopic (exact) mass is 352 g/mol. The maximum absolute atomic E-state index is 6.43. The van der Waals surface area contributed by atoms with Crippen molar-refractivity contribution in [2.75, 3.05) is 0 Å². The highest BCUT2D eigenvalue weighted by molar-refractivity contribution is 9.09. The minimum absolute atomic E-state index is 0.412. The average molecular weight is 354 g/mol. The number of rotatable bonds is 3. The Labute approximate surface area is 133 Å². The van der Waals surface area contributed by atoms with Gasteiger partial charge < -0.3 is 0 Å². The Balaban J connectivity index is 1.87. The Morgan fingerprint density at radius 3 is 2.85 bits per heavy atom. The first-order valence-corrected chi connectivity index (χ1v) is 8.34. The number of aryl methyl sites for hydroxylation is 2. The molecule has 0 N–H and O–H groups in total. The SMILES string of the molecule is CCn1nc(C)c(Cl)c1CC1Cc2ccccc2C1Br. The summed E-state index contributed by atoms with van der Waals surface area (Å²) < 4.78 is 2.04. The fourth-order valence-corrected chi connectivity index (χ4v) is 4.15. The molecule has 4 heteroatoms. The van der Waals surface area contributed by atoms with Crippen LogP contribution in [0.5, 0.6) is 0 Å². The van der Waals surface area contributed by atoms with Gasteiger partial charge in [0.25, 0.3) is 0 Å². The van der Waals surface area contributed by atoms with Crippen LogP contribution in [0.2, 0.25) is 5.02 Å². The highest BCUT2D eigenvalue weighted by atomic mass is 79.9. The molecule has 2 aromatic rings. The van der Waals surface area contributed by atoms with Gasteiger partial charge >= 0.3 is 0 Å². The molecular weight excluding hydrogens is 336 g/mol. The van der Waals surface area contributed by atoms with Crippen LogP contribution in [0.3, 0.4) is 0 Å². The second-order valence-corrected chi connectivity index (χ2v) is 6.80. The van der Waals surface area contributed by atoms with Gasteiger partial charge in [-0.1, -0.05) is 51.8 Å². The van der Waals surface area contributed by atoms with E-state index in [1.165, 1.54) is 16.8 Å². The zero-order valence-corrected chi connectivity index (χ0v) is 14.1. The van der Waals surface area contributed by atoms with E-state index in [2.05, 4.69) is 52.2 Å². The van der Waals surface area contributed by atoms with E-state index in [1.807, 2.05) is 11.6 Å². The van der Waals surface area contributed by atoms with Gasteiger partial charge in [0, 0.05) is 11.4 Å². The van der Waals surface area contributed by atoms with Crippen molar-refractivity contribution >= 4 is 27.5 Å². The largest absolute Gasteiger partial charge is 0.268 e. The second kappa shape index (κ2) is 5.53. The van der Waals surface area contributed by atoms with Gasteiger partial charge in [-0.2, -0.15) is 5.10 Å². The number of aromatic nitrogens is 2. The fraction of sp³-hybridized carbons (Fsp3) is 0.438. The molecule has 3 rings (SSSR count). The molecule has 0 amide bonds. The van der Waals surface area contributed by atoms with Crippen LogP contribution in [0.1, 0.15) is 34.3 Å². The number of benzene rings is 1. The van der Waals surface area contributed by atoms with Gasteiger partial charge in [-0.05, 0) is 43.7 Å². The number of fused-ring (bicyclic) bond motifs is 1. The maximum atomic E-state index is 6.43. The van der Waals surface area contributed by atoms with Crippen LogP contribution in [-0.2, 0) is 19.4 Å². The molecule has 1 aromatic carbocycles. The summed E-state index contributed by atoms with van der Waals surface area (Å²) in [4.78, 5) is 0.412. The Morgan fingerprint density at radius 1 is 1.40 bits per heavy atom. The van der Waals surface area contributed by atoms with E-state index in [1.54, 1.807) is 0 Å². The molecule has 0 saturated carbocycles. The summed E-state index contributed by atoms with van der Waals surface area (Å²) in [6, 6.07) is 8.68. The van der Waals surface area contributed by atoms with Crippen molar-refractivity contribution in [1.82, 2.24) is 9.78 Å². The van der Waals surface area contributed by atoms with Crippen LogP contribution in [0.25, 0.3) is 0 Å². The molecule has 106 valence electrons. The third kappa shape index (κ3) is 2.31. The normalized spacial score (nSPS) is 21.2. The van der Waals surface area contributed by atoms with E-state index in [9.17, 15) is 0 Å². The lowest BCUT2D eigenvalue weighted by molar-refractivity contribution is 0.513. The van der Waals surface area contributed by atoms with Gasteiger partial charge in [-0.25, -0.2) is 0 Å². The predicted octanol–water partition coefficient (Wildman–Crippen LogP) is 4.72. The topological polar surface area (TPSA) is 17.8 Å². The third-order valence-corrected chi connectivity index (χ3v) is 5.89. The lowest BCUT2D eigenvalue weighted by Gasteiger charge is -2.15. The summed E-state index contributed by atoms with van der Waals surface area (Å²) in [6.45, 7) is 4.96. The average Bonchev–Trinajstić information content (AvgIpc) is 2.92. The van der Waals surface area contributed by atoms with Gasteiger partial charge in [0.15, 0.2) is 0 Å². The third-order valence-electron chi connectivity index (χ3n) is 4.16. The lowest BCUT2D eigenvalue weighted by Crippen LogP contribution is -2.11. The summed E-state index contributed by atoms with van der Waals surface area (Å²) in [7, 11) is 0. The summed E-state index contributed by atoms with van der Waals surface area (Å²) in [5.41, 5.74) is 4.99. The van der Waals surface area contributed by atoms with E-state index in [0.717, 1.165) is 30.1 Å². The Morgan fingerprint density at radius 2 is 2.15 bits per heavy atom. The van der Waals surface area contributed by atoms with E-state index in [-0.39, 0.29) is 0 Å². The standard InChI is InChI=1S/C16H18BrClN2/c1-3-20-14(16(18)10(2)19-20)9-12-8-11-6-4-5-7-13(11)15(12)17/h4-7,12,15H,3,8-9H2,1-2H3. The first kappa shape index (κ1) is 14.2. The molecule has 0 fully saturated rings. The van der Waals surface area contributed by atoms with Crippen molar-refractivity contribution in [3.8, 4) is 0 Å². The number of halogens is 2. The zero-order chi connectivity index (χ0) is 14.3. The van der Waals surface area contributed by atoms with Gasteiger partial charge in [-0.15, -0.1) is 0 Å². The van der Waals surface area contributed by atoms with Crippen LogP contribution in [0.15, 0.2) is 24.3 Å². The molecule has 2 unspecified atom stereocenters. The molecule has 1 aliphatic rings. The number of hydrogen-bond acceptors (Lipinski definition) is 1. The smallest absolute Gasteiger partial charge is 0.0847 e. The molecule has 0 spiro atoms. The fourth-order valence-electron chi connectivity index (χ4n) is 3.12. The van der Waals surface area contributed by atoms with E-state index in [0.29, 0.717) is 10.7 Å². The molecule has 2 atom stereocenters. The summed E-state index contributed by atoms with van der Waals surface area (Å²) in [5.74, 6) is 0.547. The highest BCUT2D eigenvalue weighted by Crippen LogP contribution is 2.44. The molecule has 20 heavy (non-hydrogen) atoms. The molecule has 0 saturated heterocycles. The summed E-state index contributed by atoms with van der Waals surface area (Å²) >= 11 is 10.3. The van der Waals surface area contributed by atoms with Gasteiger partial charge in [-0.3, -0.25) is 4.68 Å². The van der Waals surface area contributed by atoms with Crippen molar-refractivity contribution in [3.05, 3.63) is 51.8 Å². The van der Waals surface area contributed by atoms with Crippen molar-refractivity contribution in [1.29, 1.82) is 0 Å². The van der Waals surface area contributed by atoms with Crippen LogP contribution >= 0.6 is 27.5 Å². The van der Waals surface area contributed by atoms with Crippen LogP contribution in [0, 0.1) is 12.8 Å². The molecule has 0 bridgehead atoms. The summed E-state index contributed by atoms with van der Waals surface area (Å²) in [6.07, 6.45) is 2.08. The molecule has 1 heterocycles. The molecular formula is C16H18BrClN2. The van der Waals surface area contributed by atoms with Crippen molar-refractivity contribution < 1.29 is 0 Å². The molecule has 1 aliphatic carbocycles. The lowest BCUT2D eigenvalue weighted by atomic mass is 9.99. The number of nitrogens with zero attached hydrogens (tertiary/aromatic N) is 2. The Bertz CT molecular complexity index is 635. The quantitative estimate of drug-likeness (QED) is 0.730. The molecule has 2 nitrogen and oxygen atoms in total. The maximum Gasteiger partial charge on any atom is 0.0847 e. The van der Waals surface area contributed by atoms with Gasteiger partial charge in [0.1, 0.15) is 0 Å². The van der Waals surface area contributed by atoms with Crippen LogP contribution in [0.4, 0.5) is 0 Å². The Hall–Kier alpha value is -0.800. The van der Waals surface area contributed by atoms with Gasteiger partial charge in [0.2, 0.25) is 0 Å². The van der Waals surface area contributed by atoms with E-state index in [4.69, 9.17) is 11.6 Å². The number of hydrogen-bond donors (Lipinski definition) is 0. The molecule has 0 radical (unpaired) electrons. The van der Waals surface area contributed by atoms with Crippen LogP contribution in [-0.4, -0.2) is 9.78 Å². The minimum atomic E-state index is 0.412. The second-order valence-electron chi connectivity index (χ2n) is 5.43. The summed E-state index contributed by atoms with van der Waals surface area (Å²) in [5, 5.41) is 5.35. The van der Waals surface area contributed by atoms with Crippen LogP contribution < -0.4 is 0 Å². The first-order valence-electron chi connectivity index (χ1n) is 7.05. The van der Waals surface area contributed by atoms with Gasteiger partial charge in [0.05, 0.1) is 16.4 Å². The zero-order valence-electron chi connectivity index (χ0n) is 11.7. The molecule has 1 aromatic heterocycles.